The smallest absolute Gasteiger partial charge is 0.328 e. The zero-order chi connectivity index (χ0) is 22.5. The molecule has 0 spiro atoms. The Kier molecular flexibility index (Phi) is 7.83. The number of esters is 1. The average Bonchev–Trinajstić information content (AvgIpc) is 3.50. The van der Waals surface area contributed by atoms with Crippen molar-refractivity contribution in [3.8, 4) is 0 Å². The number of piperidine rings is 1. The predicted octanol–water partition coefficient (Wildman–Crippen LogP) is 1.79. The summed E-state index contributed by atoms with van der Waals surface area (Å²) < 4.78 is 4.82. The van der Waals surface area contributed by atoms with Crippen molar-refractivity contribution in [1.82, 2.24) is 20.9 Å². The second-order valence-electron chi connectivity index (χ2n) is 8.00. The van der Waals surface area contributed by atoms with E-state index in [1.54, 1.807) is 0 Å². The lowest BCUT2D eigenvalue weighted by atomic mass is 9.91. The van der Waals surface area contributed by atoms with Gasteiger partial charge in [-0.05, 0) is 37.7 Å². The van der Waals surface area contributed by atoms with Crippen molar-refractivity contribution in [1.29, 1.82) is 0 Å². The highest BCUT2D eigenvalue weighted by molar-refractivity contribution is 6.41. The van der Waals surface area contributed by atoms with Gasteiger partial charge in [0, 0.05) is 12.5 Å². The molecule has 1 aromatic rings. The van der Waals surface area contributed by atoms with Gasteiger partial charge in [-0.1, -0.05) is 36.0 Å². The van der Waals surface area contributed by atoms with E-state index in [4.69, 9.17) is 27.9 Å². The van der Waals surface area contributed by atoms with E-state index in [0.717, 1.165) is 19.3 Å². The Morgan fingerprint density at radius 2 is 1.90 bits per heavy atom. The first-order valence-corrected chi connectivity index (χ1v) is 11.0. The third-order valence-corrected chi connectivity index (χ3v) is 6.27. The van der Waals surface area contributed by atoms with Crippen molar-refractivity contribution in [3.63, 3.8) is 0 Å². The maximum absolute atomic E-state index is 13.0. The van der Waals surface area contributed by atoms with Crippen LogP contribution in [0.15, 0.2) is 6.07 Å². The highest BCUT2D eigenvalue weighted by atomic mass is 35.5. The number of aromatic amines is 1. The fourth-order valence-electron chi connectivity index (χ4n) is 3.65. The lowest BCUT2D eigenvalue weighted by Gasteiger charge is -2.27. The van der Waals surface area contributed by atoms with Crippen LogP contribution in [0.3, 0.4) is 0 Å². The predicted molar refractivity (Wildman–Crippen MR) is 114 cm³/mol. The Bertz CT molecular complexity index is 835. The number of methoxy groups -OCH3 is 1. The van der Waals surface area contributed by atoms with Crippen LogP contribution in [0.2, 0.25) is 10.2 Å². The third kappa shape index (κ3) is 6.36. The number of hydrogen-bond acceptors (Lipinski definition) is 5. The molecule has 4 N–H and O–H groups in total. The number of aromatic nitrogens is 1. The SMILES string of the molecule is COC(=O)C(C[C@@H]1CCCNC1=O)NC(=O)C(CC1CC1)NC(=O)c1cc(Cl)c(Cl)[nH]1. The second kappa shape index (κ2) is 10.4. The van der Waals surface area contributed by atoms with Gasteiger partial charge < -0.3 is 25.7 Å². The van der Waals surface area contributed by atoms with E-state index in [1.807, 2.05) is 0 Å². The van der Waals surface area contributed by atoms with Gasteiger partial charge in [-0.25, -0.2) is 4.79 Å². The zero-order valence-electron chi connectivity index (χ0n) is 17.1. The number of carbonyl (C=O) groups excluding carboxylic acids is 4. The summed E-state index contributed by atoms with van der Waals surface area (Å²) in [5, 5.41) is 8.46. The molecule has 1 aliphatic heterocycles. The first-order chi connectivity index (χ1) is 14.8. The molecule has 2 heterocycles. The van der Waals surface area contributed by atoms with Gasteiger partial charge in [-0.3, -0.25) is 14.4 Å². The van der Waals surface area contributed by atoms with Crippen molar-refractivity contribution in [2.24, 2.45) is 11.8 Å². The van der Waals surface area contributed by atoms with E-state index in [9.17, 15) is 19.2 Å². The minimum Gasteiger partial charge on any atom is -0.467 e. The maximum Gasteiger partial charge on any atom is 0.328 e. The Labute approximate surface area is 189 Å². The molecular weight excluding hydrogens is 447 g/mol. The molecule has 3 amide bonds. The van der Waals surface area contributed by atoms with Crippen molar-refractivity contribution < 1.29 is 23.9 Å². The number of ether oxygens (including phenoxy) is 1. The van der Waals surface area contributed by atoms with E-state index in [1.165, 1.54) is 13.2 Å². The molecular formula is C20H26Cl2N4O5. The number of amides is 3. The third-order valence-electron chi connectivity index (χ3n) is 5.58. The molecule has 1 aliphatic carbocycles. The van der Waals surface area contributed by atoms with Crippen LogP contribution in [0.1, 0.15) is 49.0 Å². The minimum atomic E-state index is -0.987. The monoisotopic (exact) mass is 472 g/mol. The molecule has 3 rings (SSSR count). The summed E-state index contributed by atoms with van der Waals surface area (Å²) in [5.74, 6) is -1.87. The normalized spacial score (nSPS) is 20.4. The van der Waals surface area contributed by atoms with Crippen LogP contribution >= 0.6 is 23.2 Å². The molecule has 31 heavy (non-hydrogen) atoms. The van der Waals surface area contributed by atoms with Gasteiger partial charge in [0.15, 0.2) is 0 Å². The summed E-state index contributed by atoms with van der Waals surface area (Å²) in [6.45, 7) is 0.604. The molecule has 1 saturated heterocycles. The van der Waals surface area contributed by atoms with Crippen LogP contribution in [0.4, 0.5) is 0 Å². The molecule has 1 saturated carbocycles. The molecule has 11 heteroatoms. The topological polar surface area (TPSA) is 129 Å². The number of hydrogen-bond donors (Lipinski definition) is 4. The minimum absolute atomic E-state index is 0.131. The maximum atomic E-state index is 13.0. The number of halogens is 2. The van der Waals surface area contributed by atoms with Crippen molar-refractivity contribution >= 4 is 46.9 Å². The van der Waals surface area contributed by atoms with E-state index in [0.29, 0.717) is 25.3 Å². The largest absolute Gasteiger partial charge is 0.467 e. The molecule has 3 atom stereocenters. The van der Waals surface area contributed by atoms with Gasteiger partial charge in [-0.2, -0.15) is 0 Å². The van der Waals surface area contributed by atoms with E-state index < -0.39 is 35.8 Å². The summed E-state index contributed by atoms with van der Waals surface area (Å²) in [5.41, 5.74) is 0.131. The zero-order valence-corrected chi connectivity index (χ0v) is 18.6. The van der Waals surface area contributed by atoms with E-state index in [2.05, 4.69) is 20.9 Å². The average molecular weight is 473 g/mol. The van der Waals surface area contributed by atoms with Crippen LogP contribution in [-0.4, -0.2) is 54.4 Å². The molecule has 0 bridgehead atoms. The lowest BCUT2D eigenvalue weighted by molar-refractivity contribution is -0.146. The molecule has 2 unspecified atom stereocenters. The second-order valence-corrected chi connectivity index (χ2v) is 8.79. The molecule has 170 valence electrons. The fraction of sp³-hybridized carbons (Fsp3) is 0.600. The summed E-state index contributed by atoms with van der Waals surface area (Å²) in [6, 6.07) is -0.461. The van der Waals surface area contributed by atoms with Gasteiger partial charge >= 0.3 is 5.97 Å². The van der Waals surface area contributed by atoms with Crippen molar-refractivity contribution in [2.75, 3.05) is 13.7 Å². The van der Waals surface area contributed by atoms with Crippen LogP contribution < -0.4 is 16.0 Å². The number of nitrogens with one attached hydrogen (secondary N) is 4. The van der Waals surface area contributed by atoms with Crippen LogP contribution in [0, 0.1) is 11.8 Å². The van der Waals surface area contributed by atoms with E-state index in [-0.39, 0.29) is 28.2 Å². The molecule has 2 aliphatic rings. The molecule has 0 aromatic carbocycles. The van der Waals surface area contributed by atoms with Gasteiger partial charge in [-0.15, -0.1) is 0 Å². The first kappa shape index (κ1) is 23.4. The Balaban J connectivity index is 1.68. The standard InChI is InChI=1S/C20H26Cl2N4O5/c1-31-20(30)15(8-11-3-2-6-23-17(11)27)26-18(28)13(7-10-4-5-10)25-19(29)14-9-12(21)16(22)24-14/h9-11,13,15,24H,2-8H2,1H3,(H,23,27)(H,25,29)(H,26,28)/t11-,13?,15?/m0/s1. The summed E-state index contributed by atoms with van der Waals surface area (Å²) in [7, 11) is 1.23. The highest BCUT2D eigenvalue weighted by Gasteiger charge is 2.35. The van der Waals surface area contributed by atoms with Gasteiger partial charge in [0.2, 0.25) is 11.8 Å². The molecule has 1 aromatic heterocycles. The molecule has 9 nitrogen and oxygen atoms in total. The lowest BCUT2D eigenvalue weighted by Crippen LogP contribution is -2.53. The summed E-state index contributed by atoms with van der Waals surface area (Å²) >= 11 is 11.7. The quantitative estimate of drug-likeness (QED) is 0.407. The van der Waals surface area contributed by atoms with Gasteiger partial charge in [0.25, 0.3) is 5.91 Å². The van der Waals surface area contributed by atoms with Crippen LogP contribution in [0.5, 0.6) is 0 Å². The van der Waals surface area contributed by atoms with Gasteiger partial charge in [0.05, 0.1) is 12.1 Å². The Hall–Kier alpha value is -2.26. The number of H-pyrrole nitrogens is 1. The summed E-state index contributed by atoms with van der Waals surface area (Å²) in [4.78, 5) is 52.6. The molecule has 2 fully saturated rings. The van der Waals surface area contributed by atoms with Crippen molar-refractivity contribution in [3.05, 3.63) is 21.9 Å². The number of rotatable bonds is 9. The van der Waals surface area contributed by atoms with Crippen LogP contribution in [-0.2, 0) is 19.1 Å². The first-order valence-electron chi connectivity index (χ1n) is 10.3. The Morgan fingerprint density at radius 1 is 1.16 bits per heavy atom. The molecule has 0 radical (unpaired) electrons. The van der Waals surface area contributed by atoms with Crippen molar-refractivity contribution in [2.45, 2.75) is 50.6 Å². The fourth-order valence-corrected chi connectivity index (χ4v) is 3.97. The van der Waals surface area contributed by atoms with E-state index >= 15 is 0 Å². The van der Waals surface area contributed by atoms with Crippen LogP contribution in [0.25, 0.3) is 0 Å². The number of carbonyl (C=O) groups is 4. The summed E-state index contributed by atoms with van der Waals surface area (Å²) in [6.07, 6.45) is 3.96. The Morgan fingerprint density at radius 3 is 2.48 bits per heavy atom. The van der Waals surface area contributed by atoms with Gasteiger partial charge in [0.1, 0.15) is 22.9 Å². The highest BCUT2D eigenvalue weighted by Crippen LogP contribution is 2.33.